The lowest BCUT2D eigenvalue weighted by molar-refractivity contribution is 0.125. The fraction of sp³-hybridized carbons (Fsp3) is 0.600. The highest BCUT2D eigenvalue weighted by Crippen LogP contribution is 2.31. The third kappa shape index (κ3) is 2.90. The largest absolute Gasteiger partial charge is 0.490 e. The van der Waals surface area contributed by atoms with Gasteiger partial charge in [0.15, 0.2) is 0 Å². The van der Waals surface area contributed by atoms with Gasteiger partial charge in [0.2, 0.25) is 0 Å². The number of ether oxygens (including phenoxy) is 1. The summed E-state index contributed by atoms with van der Waals surface area (Å²) in [4.78, 5) is 2.32. The number of benzene rings is 1. The van der Waals surface area contributed by atoms with Gasteiger partial charge in [-0.3, -0.25) is 0 Å². The first-order chi connectivity index (χ1) is 9.74. The van der Waals surface area contributed by atoms with Crippen LogP contribution in [0.15, 0.2) is 18.2 Å². The average Bonchev–Trinajstić information content (AvgIpc) is 2.99. The first-order valence-corrected chi connectivity index (χ1v) is 7.40. The highest BCUT2D eigenvalue weighted by atomic mass is 16.5. The van der Waals surface area contributed by atoms with E-state index in [1.54, 1.807) is 0 Å². The molecule has 20 heavy (non-hydrogen) atoms. The molecular formula is C15H23N3O2. The third-order valence-electron chi connectivity index (χ3n) is 4.10. The number of hydrogen-bond acceptors (Lipinski definition) is 5. The number of aliphatic hydroxyl groups is 1. The van der Waals surface area contributed by atoms with Gasteiger partial charge < -0.3 is 25.8 Å². The smallest absolute Gasteiger partial charge is 0.142 e. The van der Waals surface area contributed by atoms with Gasteiger partial charge in [-0.1, -0.05) is 6.07 Å². The number of fused-ring (bicyclic) bond motifs is 1. The van der Waals surface area contributed by atoms with E-state index >= 15 is 0 Å². The summed E-state index contributed by atoms with van der Waals surface area (Å²) in [5, 5.41) is 13.7. The highest BCUT2D eigenvalue weighted by Gasteiger charge is 2.23. The fourth-order valence-corrected chi connectivity index (χ4v) is 2.95. The number of nitrogens with zero attached hydrogens (tertiary/aromatic N) is 1. The van der Waals surface area contributed by atoms with E-state index in [4.69, 9.17) is 10.5 Å². The summed E-state index contributed by atoms with van der Waals surface area (Å²) in [7, 11) is 0. The maximum Gasteiger partial charge on any atom is 0.142 e. The van der Waals surface area contributed by atoms with E-state index in [1.807, 2.05) is 18.2 Å². The monoisotopic (exact) mass is 277 g/mol. The summed E-state index contributed by atoms with van der Waals surface area (Å²) >= 11 is 0. The molecule has 4 N–H and O–H groups in total. The molecule has 1 saturated heterocycles. The van der Waals surface area contributed by atoms with Crippen LogP contribution in [0.4, 0.5) is 5.69 Å². The van der Waals surface area contributed by atoms with Gasteiger partial charge in [-0.15, -0.1) is 0 Å². The summed E-state index contributed by atoms with van der Waals surface area (Å²) in [6.45, 7) is 4.42. The van der Waals surface area contributed by atoms with Crippen LogP contribution in [0.3, 0.4) is 0 Å². The summed E-state index contributed by atoms with van der Waals surface area (Å²) in [6, 6.07) is 5.52. The topological polar surface area (TPSA) is 70.8 Å². The number of nitrogens with one attached hydrogen (secondary N) is 1. The molecule has 2 aliphatic heterocycles. The van der Waals surface area contributed by atoms with Crippen LogP contribution in [0.2, 0.25) is 0 Å². The minimum absolute atomic E-state index is 0.261. The Hall–Kier alpha value is -1.30. The van der Waals surface area contributed by atoms with Crippen LogP contribution < -0.4 is 15.8 Å². The SMILES string of the molecule is NC(CN1CCCC1)C(O)c1ccc2c(c1)OCCN2. The zero-order valence-electron chi connectivity index (χ0n) is 11.7. The van der Waals surface area contributed by atoms with Gasteiger partial charge in [0.1, 0.15) is 12.4 Å². The Kier molecular flexibility index (Phi) is 4.10. The summed E-state index contributed by atoms with van der Waals surface area (Å²) in [5.74, 6) is 0.807. The molecule has 0 spiro atoms. The van der Waals surface area contributed by atoms with E-state index in [1.165, 1.54) is 12.8 Å². The molecule has 0 amide bonds. The Morgan fingerprint density at radius 1 is 1.35 bits per heavy atom. The van der Waals surface area contributed by atoms with Crippen LogP contribution in [0.1, 0.15) is 24.5 Å². The standard InChI is InChI=1S/C15H23N3O2/c16-12(10-18-6-1-2-7-18)15(19)11-3-4-13-14(9-11)20-8-5-17-13/h3-4,9,12,15,17,19H,1-2,5-8,10,16H2. The predicted molar refractivity (Wildman–Crippen MR) is 79.0 cm³/mol. The molecule has 110 valence electrons. The van der Waals surface area contributed by atoms with Crippen molar-refractivity contribution in [3.63, 3.8) is 0 Å². The van der Waals surface area contributed by atoms with Crippen LogP contribution in [0.25, 0.3) is 0 Å². The molecule has 1 fully saturated rings. The molecule has 0 radical (unpaired) electrons. The minimum Gasteiger partial charge on any atom is -0.490 e. The molecule has 3 rings (SSSR count). The van der Waals surface area contributed by atoms with E-state index in [0.717, 1.165) is 43.2 Å². The summed E-state index contributed by atoms with van der Waals surface area (Å²) in [5.41, 5.74) is 7.98. The second kappa shape index (κ2) is 5.99. The maximum absolute atomic E-state index is 10.4. The predicted octanol–water partition coefficient (Wildman–Crippen LogP) is 0.947. The Bertz CT molecular complexity index is 460. The van der Waals surface area contributed by atoms with Crippen molar-refractivity contribution < 1.29 is 9.84 Å². The van der Waals surface area contributed by atoms with Crippen molar-refractivity contribution in [1.82, 2.24) is 4.90 Å². The van der Waals surface area contributed by atoms with Crippen molar-refractivity contribution in [3.05, 3.63) is 23.8 Å². The van der Waals surface area contributed by atoms with Crippen LogP contribution in [0, 0.1) is 0 Å². The second-order valence-corrected chi connectivity index (χ2v) is 5.65. The number of nitrogens with two attached hydrogens (primary N) is 1. The van der Waals surface area contributed by atoms with Crippen molar-refractivity contribution in [2.24, 2.45) is 5.73 Å². The normalized spacial score (nSPS) is 21.7. The van der Waals surface area contributed by atoms with Gasteiger partial charge >= 0.3 is 0 Å². The van der Waals surface area contributed by atoms with Gasteiger partial charge in [0.25, 0.3) is 0 Å². The summed E-state index contributed by atoms with van der Waals surface area (Å²) < 4.78 is 5.60. The fourth-order valence-electron chi connectivity index (χ4n) is 2.95. The van der Waals surface area contributed by atoms with Crippen LogP contribution in [0.5, 0.6) is 5.75 Å². The third-order valence-corrected chi connectivity index (χ3v) is 4.10. The molecule has 1 aromatic carbocycles. The molecule has 5 nitrogen and oxygen atoms in total. The number of rotatable bonds is 4. The van der Waals surface area contributed by atoms with Crippen molar-refractivity contribution in [3.8, 4) is 5.75 Å². The van der Waals surface area contributed by atoms with Gasteiger partial charge in [-0.2, -0.15) is 0 Å². The van der Waals surface area contributed by atoms with Gasteiger partial charge in [0, 0.05) is 19.1 Å². The maximum atomic E-state index is 10.4. The van der Waals surface area contributed by atoms with E-state index in [-0.39, 0.29) is 6.04 Å². The van der Waals surface area contributed by atoms with Gasteiger partial charge in [0.05, 0.1) is 11.8 Å². The Morgan fingerprint density at radius 2 is 2.15 bits per heavy atom. The molecule has 2 unspecified atom stereocenters. The van der Waals surface area contributed by atoms with Crippen molar-refractivity contribution in [2.75, 3.05) is 38.1 Å². The molecule has 0 aliphatic carbocycles. The molecule has 5 heteroatoms. The average molecular weight is 277 g/mol. The lowest BCUT2D eigenvalue weighted by atomic mass is 10.0. The Labute approximate surface area is 119 Å². The molecule has 2 heterocycles. The van der Waals surface area contributed by atoms with Crippen molar-refractivity contribution in [2.45, 2.75) is 25.0 Å². The Morgan fingerprint density at radius 3 is 2.95 bits per heavy atom. The Balaban J connectivity index is 1.67. The van der Waals surface area contributed by atoms with Crippen molar-refractivity contribution in [1.29, 1.82) is 0 Å². The highest BCUT2D eigenvalue weighted by molar-refractivity contribution is 5.59. The number of hydrogen-bond donors (Lipinski definition) is 3. The first-order valence-electron chi connectivity index (χ1n) is 7.40. The van der Waals surface area contributed by atoms with Crippen molar-refractivity contribution >= 4 is 5.69 Å². The van der Waals surface area contributed by atoms with Gasteiger partial charge in [-0.25, -0.2) is 0 Å². The quantitative estimate of drug-likeness (QED) is 0.764. The van der Waals surface area contributed by atoms with E-state index in [9.17, 15) is 5.11 Å². The second-order valence-electron chi connectivity index (χ2n) is 5.65. The van der Waals surface area contributed by atoms with Gasteiger partial charge in [-0.05, 0) is 43.6 Å². The summed E-state index contributed by atoms with van der Waals surface area (Å²) in [6.07, 6.45) is 1.83. The number of likely N-dealkylation sites (tertiary alicyclic amines) is 1. The number of anilines is 1. The molecule has 0 aromatic heterocycles. The van der Waals surface area contributed by atoms with E-state index in [2.05, 4.69) is 10.2 Å². The first kappa shape index (κ1) is 13.7. The number of aliphatic hydroxyl groups excluding tert-OH is 1. The molecule has 2 aliphatic rings. The lowest BCUT2D eigenvalue weighted by Crippen LogP contribution is -2.40. The van der Waals surface area contributed by atoms with E-state index < -0.39 is 6.10 Å². The van der Waals surface area contributed by atoms with Crippen LogP contribution >= 0.6 is 0 Å². The molecule has 1 aromatic rings. The molecule has 0 saturated carbocycles. The van der Waals surface area contributed by atoms with E-state index in [0.29, 0.717) is 6.61 Å². The minimum atomic E-state index is -0.647. The molecule has 2 atom stereocenters. The zero-order chi connectivity index (χ0) is 13.9. The zero-order valence-corrected chi connectivity index (χ0v) is 11.7. The van der Waals surface area contributed by atoms with Crippen LogP contribution in [-0.2, 0) is 0 Å². The lowest BCUT2D eigenvalue weighted by Gasteiger charge is -2.26. The molecular weight excluding hydrogens is 254 g/mol. The van der Waals surface area contributed by atoms with Crippen LogP contribution in [-0.4, -0.2) is 48.8 Å². The molecule has 0 bridgehead atoms.